The van der Waals surface area contributed by atoms with Gasteiger partial charge in [0.05, 0.1) is 19.9 Å². The number of carboxylic acids is 1. The van der Waals surface area contributed by atoms with Crippen molar-refractivity contribution >= 4 is 11.7 Å². The predicted molar refractivity (Wildman–Crippen MR) is 64.8 cm³/mol. The van der Waals surface area contributed by atoms with Gasteiger partial charge in [-0.15, -0.1) is 0 Å². The molecule has 0 aromatic heterocycles. The number of nitrogens with one attached hydrogen (secondary N) is 1. The molecule has 0 saturated carbocycles. The van der Waals surface area contributed by atoms with Gasteiger partial charge in [0.15, 0.2) is 0 Å². The molecule has 92 valence electrons. The highest BCUT2D eigenvalue weighted by Gasteiger charge is 2.03. The first-order valence-corrected chi connectivity index (χ1v) is 5.02. The number of aliphatic carboxylic acids is 1. The molecule has 1 aromatic carbocycles. The second-order valence-corrected chi connectivity index (χ2v) is 3.19. The van der Waals surface area contributed by atoms with Crippen molar-refractivity contribution < 1.29 is 19.4 Å². The molecule has 0 aliphatic heterocycles. The van der Waals surface area contributed by atoms with Gasteiger partial charge in [0.2, 0.25) is 0 Å². The van der Waals surface area contributed by atoms with Gasteiger partial charge in [-0.05, 0) is 12.1 Å². The van der Waals surface area contributed by atoms with E-state index in [1.54, 1.807) is 32.4 Å². The van der Waals surface area contributed by atoms with Gasteiger partial charge < -0.3 is 19.9 Å². The summed E-state index contributed by atoms with van der Waals surface area (Å²) in [4.78, 5) is 10.3. The molecule has 0 bridgehead atoms. The summed E-state index contributed by atoms with van der Waals surface area (Å²) in [7, 11) is 3.15. The third kappa shape index (κ3) is 4.06. The Balaban J connectivity index is 2.70. The minimum atomic E-state index is -0.968. The molecule has 2 N–H and O–H groups in total. The normalized spacial score (nSPS) is 10.2. The number of anilines is 1. The Morgan fingerprint density at radius 3 is 2.76 bits per heavy atom. The van der Waals surface area contributed by atoms with Crippen LogP contribution in [-0.4, -0.2) is 31.8 Å². The van der Waals surface area contributed by atoms with Crippen LogP contribution in [0.3, 0.4) is 0 Å². The second-order valence-electron chi connectivity index (χ2n) is 3.19. The fourth-order valence-electron chi connectivity index (χ4n) is 1.28. The average Bonchev–Trinajstić information content (AvgIpc) is 2.34. The first kappa shape index (κ1) is 12.9. The minimum Gasteiger partial charge on any atom is -0.497 e. The Morgan fingerprint density at radius 2 is 2.18 bits per heavy atom. The number of ether oxygens (including phenoxy) is 2. The van der Waals surface area contributed by atoms with Crippen LogP contribution < -0.4 is 14.8 Å². The lowest BCUT2D eigenvalue weighted by Crippen LogP contribution is -2.02. The summed E-state index contributed by atoms with van der Waals surface area (Å²) in [5.74, 6) is 0.412. The molecule has 0 atom stereocenters. The smallest absolute Gasteiger partial charge is 0.328 e. The van der Waals surface area contributed by atoms with E-state index >= 15 is 0 Å². The van der Waals surface area contributed by atoms with Crippen LogP contribution in [0.15, 0.2) is 30.4 Å². The molecular weight excluding hydrogens is 222 g/mol. The summed E-state index contributed by atoms with van der Waals surface area (Å²) in [6, 6.07) is 5.35. The van der Waals surface area contributed by atoms with E-state index < -0.39 is 5.97 Å². The van der Waals surface area contributed by atoms with E-state index in [0.29, 0.717) is 18.0 Å². The number of hydrogen-bond donors (Lipinski definition) is 2. The van der Waals surface area contributed by atoms with Gasteiger partial charge in [-0.1, -0.05) is 6.08 Å². The predicted octanol–water partition coefficient (Wildman–Crippen LogP) is 1.76. The topological polar surface area (TPSA) is 67.8 Å². The van der Waals surface area contributed by atoms with E-state index in [1.807, 2.05) is 0 Å². The number of rotatable bonds is 6. The van der Waals surface area contributed by atoms with Crippen LogP contribution in [-0.2, 0) is 4.79 Å². The summed E-state index contributed by atoms with van der Waals surface area (Å²) in [5.41, 5.74) is 0.752. The van der Waals surface area contributed by atoms with E-state index in [2.05, 4.69) is 5.32 Å². The van der Waals surface area contributed by atoms with Crippen LogP contribution in [0.5, 0.6) is 11.5 Å². The van der Waals surface area contributed by atoms with Crippen molar-refractivity contribution in [1.29, 1.82) is 0 Å². The van der Waals surface area contributed by atoms with Crippen molar-refractivity contribution in [1.82, 2.24) is 0 Å². The Kier molecular flexibility index (Phi) is 4.87. The molecule has 0 spiro atoms. The molecule has 0 fully saturated rings. The third-order valence-electron chi connectivity index (χ3n) is 2.08. The van der Waals surface area contributed by atoms with Gasteiger partial charge >= 0.3 is 5.97 Å². The highest BCUT2D eigenvalue weighted by atomic mass is 16.5. The lowest BCUT2D eigenvalue weighted by molar-refractivity contribution is -0.131. The molecule has 5 nitrogen and oxygen atoms in total. The second kappa shape index (κ2) is 6.42. The van der Waals surface area contributed by atoms with Gasteiger partial charge in [-0.3, -0.25) is 0 Å². The summed E-state index contributed by atoms with van der Waals surface area (Å²) in [6.07, 6.45) is 2.60. The fraction of sp³-hybridized carbons (Fsp3) is 0.250. The van der Waals surface area contributed by atoms with E-state index in [9.17, 15) is 4.79 Å². The lowest BCUT2D eigenvalue weighted by atomic mass is 10.2. The van der Waals surface area contributed by atoms with Crippen LogP contribution in [0.1, 0.15) is 0 Å². The summed E-state index contributed by atoms with van der Waals surface area (Å²) >= 11 is 0. The SMILES string of the molecule is COc1ccc(OC)c(NC/C=C/C(=O)O)c1. The monoisotopic (exact) mass is 237 g/mol. The number of methoxy groups -OCH3 is 2. The highest BCUT2D eigenvalue weighted by Crippen LogP contribution is 2.28. The number of carboxylic acid groups (broad SMARTS) is 1. The largest absolute Gasteiger partial charge is 0.497 e. The number of benzene rings is 1. The van der Waals surface area contributed by atoms with E-state index in [-0.39, 0.29) is 0 Å². The molecule has 0 saturated heterocycles. The minimum absolute atomic E-state index is 0.399. The zero-order valence-electron chi connectivity index (χ0n) is 9.77. The van der Waals surface area contributed by atoms with E-state index in [4.69, 9.17) is 14.6 Å². The zero-order valence-corrected chi connectivity index (χ0v) is 9.77. The van der Waals surface area contributed by atoms with E-state index in [1.165, 1.54) is 6.08 Å². The first-order chi connectivity index (χ1) is 8.17. The maximum atomic E-state index is 10.3. The zero-order chi connectivity index (χ0) is 12.7. The van der Waals surface area contributed by atoms with Crippen LogP contribution in [0.4, 0.5) is 5.69 Å². The highest BCUT2D eigenvalue weighted by molar-refractivity contribution is 5.79. The van der Waals surface area contributed by atoms with Crippen LogP contribution in [0.2, 0.25) is 0 Å². The van der Waals surface area contributed by atoms with Gasteiger partial charge in [-0.2, -0.15) is 0 Å². The van der Waals surface area contributed by atoms with Crippen LogP contribution >= 0.6 is 0 Å². The van der Waals surface area contributed by atoms with Crippen molar-refractivity contribution in [3.05, 3.63) is 30.4 Å². The third-order valence-corrected chi connectivity index (χ3v) is 2.08. The molecule has 1 rings (SSSR count). The van der Waals surface area contributed by atoms with Crippen LogP contribution in [0.25, 0.3) is 0 Å². The van der Waals surface area contributed by atoms with Crippen molar-refractivity contribution in [2.45, 2.75) is 0 Å². The number of carbonyl (C=O) groups is 1. The van der Waals surface area contributed by atoms with Gasteiger partial charge in [-0.25, -0.2) is 4.79 Å². The molecule has 0 aliphatic carbocycles. The Labute approximate surface area is 99.7 Å². The van der Waals surface area contributed by atoms with Crippen LogP contribution in [0, 0.1) is 0 Å². The molecule has 0 aliphatic rings. The molecule has 1 aromatic rings. The molecule has 0 unspecified atom stereocenters. The maximum absolute atomic E-state index is 10.3. The quantitative estimate of drug-likeness (QED) is 0.738. The van der Waals surface area contributed by atoms with Crippen molar-refractivity contribution in [2.24, 2.45) is 0 Å². The molecule has 5 heteroatoms. The molecule has 0 radical (unpaired) electrons. The van der Waals surface area contributed by atoms with Gasteiger partial charge in [0.1, 0.15) is 11.5 Å². The first-order valence-electron chi connectivity index (χ1n) is 5.02. The molecular formula is C12H15NO4. The average molecular weight is 237 g/mol. The summed E-state index contributed by atoms with van der Waals surface area (Å²) in [5, 5.41) is 11.5. The van der Waals surface area contributed by atoms with Crippen molar-refractivity contribution in [3.63, 3.8) is 0 Å². The summed E-state index contributed by atoms with van der Waals surface area (Å²) < 4.78 is 10.3. The number of hydrogen-bond acceptors (Lipinski definition) is 4. The van der Waals surface area contributed by atoms with Crippen molar-refractivity contribution in [2.75, 3.05) is 26.1 Å². The fourth-order valence-corrected chi connectivity index (χ4v) is 1.28. The van der Waals surface area contributed by atoms with E-state index in [0.717, 1.165) is 11.8 Å². The van der Waals surface area contributed by atoms with Gasteiger partial charge in [0, 0.05) is 18.7 Å². The van der Waals surface area contributed by atoms with Gasteiger partial charge in [0.25, 0.3) is 0 Å². The van der Waals surface area contributed by atoms with Crippen molar-refractivity contribution in [3.8, 4) is 11.5 Å². The Hall–Kier alpha value is -2.17. The molecule has 0 amide bonds. The summed E-state index contributed by atoms with van der Waals surface area (Å²) in [6.45, 7) is 0.399. The lowest BCUT2D eigenvalue weighted by Gasteiger charge is -2.11. The standard InChI is InChI=1S/C12H15NO4/c1-16-9-5-6-11(17-2)10(8-9)13-7-3-4-12(14)15/h3-6,8,13H,7H2,1-2H3,(H,14,15)/b4-3+. The Morgan fingerprint density at radius 1 is 1.41 bits per heavy atom. The maximum Gasteiger partial charge on any atom is 0.328 e. The molecule has 17 heavy (non-hydrogen) atoms. The Bertz CT molecular complexity index is 415. The molecule has 0 heterocycles.